The van der Waals surface area contributed by atoms with Crippen LogP contribution in [0.5, 0.6) is 0 Å². The normalized spacial score (nSPS) is 13.6. The van der Waals surface area contributed by atoms with Gasteiger partial charge < -0.3 is 5.32 Å². The second kappa shape index (κ2) is 5.26. The van der Waals surface area contributed by atoms with E-state index in [-0.39, 0.29) is 0 Å². The van der Waals surface area contributed by atoms with E-state index in [0.717, 1.165) is 31.5 Å². The van der Waals surface area contributed by atoms with Crippen LogP contribution in [0.4, 0.5) is 0 Å². The zero-order valence-corrected chi connectivity index (χ0v) is 10.8. The molecule has 2 nitrogen and oxygen atoms in total. The molecule has 19 heavy (non-hydrogen) atoms. The third-order valence-electron chi connectivity index (χ3n) is 3.71. The Balaban J connectivity index is 1.88. The average Bonchev–Trinajstić information content (AvgIpc) is 2.48. The van der Waals surface area contributed by atoms with E-state index in [4.69, 9.17) is 5.26 Å². The summed E-state index contributed by atoms with van der Waals surface area (Å²) in [5, 5.41) is 12.2. The summed E-state index contributed by atoms with van der Waals surface area (Å²) >= 11 is 0. The topological polar surface area (TPSA) is 35.8 Å². The second-order valence-corrected chi connectivity index (χ2v) is 4.97. The molecule has 0 radical (unpaired) electrons. The molecule has 0 amide bonds. The van der Waals surface area contributed by atoms with Gasteiger partial charge in [0.25, 0.3) is 0 Å². The van der Waals surface area contributed by atoms with Crippen LogP contribution in [0.25, 0.3) is 0 Å². The van der Waals surface area contributed by atoms with Crippen LogP contribution >= 0.6 is 0 Å². The van der Waals surface area contributed by atoms with Crippen molar-refractivity contribution in [3.63, 3.8) is 0 Å². The highest BCUT2D eigenvalue weighted by molar-refractivity contribution is 5.41. The Morgan fingerprint density at radius 2 is 1.95 bits per heavy atom. The van der Waals surface area contributed by atoms with Crippen LogP contribution in [0.15, 0.2) is 42.5 Å². The lowest BCUT2D eigenvalue weighted by Crippen LogP contribution is -2.24. The van der Waals surface area contributed by atoms with Crippen molar-refractivity contribution in [3.8, 4) is 6.07 Å². The van der Waals surface area contributed by atoms with Crippen molar-refractivity contribution < 1.29 is 0 Å². The molecule has 2 heteroatoms. The van der Waals surface area contributed by atoms with Gasteiger partial charge in [0.05, 0.1) is 11.6 Å². The number of fused-ring (bicyclic) bond motifs is 1. The lowest BCUT2D eigenvalue weighted by atomic mass is 9.92. The molecule has 0 unspecified atom stereocenters. The number of nitrogens with one attached hydrogen (secondary N) is 1. The first-order chi connectivity index (χ1) is 9.36. The number of nitrogens with zero attached hydrogens (tertiary/aromatic N) is 1. The molecular formula is C17H16N2. The van der Waals surface area contributed by atoms with E-state index in [1.807, 2.05) is 12.1 Å². The van der Waals surface area contributed by atoms with Crippen LogP contribution < -0.4 is 5.32 Å². The fourth-order valence-corrected chi connectivity index (χ4v) is 2.69. The fraction of sp³-hybridized carbons (Fsp3) is 0.235. The Bertz CT molecular complexity index is 621. The zero-order chi connectivity index (χ0) is 13.1. The molecular weight excluding hydrogens is 232 g/mol. The van der Waals surface area contributed by atoms with Gasteiger partial charge in [-0.15, -0.1) is 0 Å². The second-order valence-electron chi connectivity index (χ2n) is 4.97. The van der Waals surface area contributed by atoms with Crippen molar-refractivity contribution in [2.75, 3.05) is 6.54 Å². The number of rotatable bonds is 2. The smallest absolute Gasteiger partial charge is 0.0991 e. The SMILES string of the molecule is N#Cc1ccc(Cc2cccc3c2CCNC3)cc1. The Morgan fingerprint density at radius 1 is 1.11 bits per heavy atom. The van der Waals surface area contributed by atoms with E-state index in [1.165, 1.54) is 22.3 Å². The molecule has 2 aromatic carbocycles. The Hall–Kier alpha value is -2.11. The average molecular weight is 248 g/mol. The summed E-state index contributed by atoms with van der Waals surface area (Å²) in [7, 11) is 0. The monoisotopic (exact) mass is 248 g/mol. The van der Waals surface area contributed by atoms with E-state index >= 15 is 0 Å². The summed E-state index contributed by atoms with van der Waals surface area (Å²) < 4.78 is 0. The molecule has 3 rings (SSSR count). The lowest BCUT2D eigenvalue weighted by molar-refractivity contribution is 0.640. The van der Waals surface area contributed by atoms with Gasteiger partial charge in [-0.2, -0.15) is 5.26 Å². The van der Waals surface area contributed by atoms with Gasteiger partial charge in [0.2, 0.25) is 0 Å². The third-order valence-corrected chi connectivity index (χ3v) is 3.71. The molecule has 1 aliphatic heterocycles. The minimum atomic E-state index is 0.725. The molecule has 94 valence electrons. The molecule has 0 spiro atoms. The van der Waals surface area contributed by atoms with Crippen molar-refractivity contribution >= 4 is 0 Å². The molecule has 1 heterocycles. The van der Waals surface area contributed by atoms with Crippen LogP contribution in [0.2, 0.25) is 0 Å². The van der Waals surface area contributed by atoms with E-state index in [9.17, 15) is 0 Å². The van der Waals surface area contributed by atoms with Gasteiger partial charge in [-0.1, -0.05) is 30.3 Å². The molecule has 0 saturated carbocycles. The Morgan fingerprint density at radius 3 is 2.74 bits per heavy atom. The summed E-state index contributed by atoms with van der Waals surface area (Å²) in [5.41, 5.74) is 6.35. The van der Waals surface area contributed by atoms with E-state index in [2.05, 4.69) is 41.7 Å². The van der Waals surface area contributed by atoms with E-state index < -0.39 is 0 Å². The van der Waals surface area contributed by atoms with Gasteiger partial charge in [-0.05, 0) is 53.8 Å². The third kappa shape index (κ3) is 2.52. The summed E-state index contributed by atoms with van der Waals surface area (Å²) in [6.45, 7) is 2.05. The van der Waals surface area contributed by atoms with Crippen molar-refractivity contribution in [1.82, 2.24) is 5.32 Å². The number of hydrogen-bond donors (Lipinski definition) is 1. The molecule has 0 atom stereocenters. The molecule has 0 fully saturated rings. The van der Waals surface area contributed by atoms with Crippen molar-refractivity contribution in [3.05, 3.63) is 70.3 Å². The first-order valence-electron chi connectivity index (χ1n) is 6.66. The highest BCUT2D eigenvalue weighted by Gasteiger charge is 2.12. The number of nitriles is 1. The van der Waals surface area contributed by atoms with Crippen LogP contribution in [-0.2, 0) is 19.4 Å². The minimum absolute atomic E-state index is 0.725. The largest absolute Gasteiger partial charge is 0.312 e. The van der Waals surface area contributed by atoms with E-state index in [1.54, 1.807) is 0 Å². The van der Waals surface area contributed by atoms with Crippen LogP contribution in [0.1, 0.15) is 27.8 Å². The maximum absolute atomic E-state index is 8.82. The van der Waals surface area contributed by atoms with Crippen LogP contribution in [0, 0.1) is 11.3 Å². The predicted octanol–water partition coefficient (Wildman–Crippen LogP) is 2.79. The summed E-state index contributed by atoms with van der Waals surface area (Å²) in [5.74, 6) is 0. The highest BCUT2D eigenvalue weighted by atomic mass is 14.9. The Labute approximate surface area is 113 Å². The van der Waals surface area contributed by atoms with E-state index in [0.29, 0.717) is 0 Å². The first kappa shape index (κ1) is 12.0. The van der Waals surface area contributed by atoms with Gasteiger partial charge in [-0.3, -0.25) is 0 Å². The molecule has 1 N–H and O–H groups in total. The van der Waals surface area contributed by atoms with Gasteiger partial charge in [0.15, 0.2) is 0 Å². The van der Waals surface area contributed by atoms with Crippen molar-refractivity contribution in [1.29, 1.82) is 5.26 Å². The summed E-state index contributed by atoms with van der Waals surface area (Å²) in [4.78, 5) is 0. The van der Waals surface area contributed by atoms with Crippen molar-refractivity contribution in [2.24, 2.45) is 0 Å². The Kier molecular flexibility index (Phi) is 3.31. The predicted molar refractivity (Wildman–Crippen MR) is 75.8 cm³/mol. The number of benzene rings is 2. The maximum Gasteiger partial charge on any atom is 0.0991 e. The van der Waals surface area contributed by atoms with Crippen molar-refractivity contribution in [2.45, 2.75) is 19.4 Å². The number of hydrogen-bond acceptors (Lipinski definition) is 2. The molecule has 2 aromatic rings. The molecule has 1 aliphatic rings. The molecule has 0 bridgehead atoms. The first-order valence-corrected chi connectivity index (χ1v) is 6.66. The fourth-order valence-electron chi connectivity index (χ4n) is 2.69. The standard InChI is InChI=1S/C17H16N2/c18-11-14-6-4-13(5-7-14)10-15-2-1-3-16-12-19-9-8-17(15)16/h1-7,19H,8-10,12H2. The summed E-state index contributed by atoms with van der Waals surface area (Å²) in [6.07, 6.45) is 2.07. The quantitative estimate of drug-likeness (QED) is 0.887. The molecule has 0 aliphatic carbocycles. The maximum atomic E-state index is 8.82. The highest BCUT2D eigenvalue weighted by Crippen LogP contribution is 2.21. The van der Waals surface area contributed by atoms with Gasteiger partial charge in [0.1, 0.15) is 0 Å². The molecule has 0 saturated heterocycles. The van der Waals surface area contributed by atoms with Gasteiger partial charge in [0, 0.05) is 6.54 Å². The minimum Gasteiger partial charge on any atom is -0.312 e. The zero-order valence-electron chi connectivity index (χ0n) is 10.8. The lowest BCUT2D eigenvalue weighted by Gasteiger charge is -2.20. The van der Waals surface area contributed by atoms with Crippen LogP contribution in [-0.4, -0.2) is 6.54 Å². The summed E-state index contributed by atoms with van der Waals surface area (Å²) in [6, 6.07) is 16.6. The van der Waals surface area contributed by atoms with Gasteiger partial charge >= 0.3 is 0 Å². The molecule has 0 aromatic heterocycles. The van der Waals surface area contributed by atoms with Crippen LogP contribution in [0.3, 0.4) is 0 Å². The van der Waals surface area contributed by atoms with Gasteiger partial charge in [-0.25, -0.2) is 0 Å².